The van der Waals surface area contributed by atoms with E-state index in [1.54, 1.807) is 31.4 Å². The predicted octanol–water partition coefficient (Wildman–Crippen LogP) is 1.44. The molecule has 1 heterocycles. The average Bonchev–Trinajstić information content (AvgIpc) is 3.18. The van der Waals surface area contributed by atoms with E-state index in [0.717, 1.165) is 5.39 Å². The smallest absolute Gasteiger partial charge is 0.258 e. The molecule has 1 N–H and O–H groups in total. The minimum absolute atomic E-state index is 0.134. The van der Waals surface area contributed by atoms with Crippen molar-refractivity contribution in [3.63, 3.8) is 0 Å². The number of hydrogen-bond acceptors (Lipinski definition) is 3. The molecule has 1 aliphatic carbocycles. The first-order valence-corrected chi connectivity index (χ1v) is 7.63. The van der Waals surface area contributed by atoms with Crippen LogP contribution in [0.15, 0.2) is 35.3 Å². The van der Waals surface area contributed by atoms with Crippen LogP contribution in [0, 0.1) is 0 Å². The number of pyridine rings is 1. The second kappa shape index (κ2) is 4.09. The van der Waals surface area contributed by atoms with Crippen molar-refractivity contribution in [3.8, 4) is 0 Å². The number of benzene rings is 1. The summed E-state index contributed by atoms with van der Waals surface area (Å²) >= 11 is 0. The van der Waals surface area contributed by atoms with E-state index < -0.39 is 10.0 Å². The Morgan fingerprint density at radius 2 is 2.00 bits per heavy atom. The molecular weight excluding hydrogens is 264 g/mol. The van der Waals surface area contributed by atoms with Gasteiger partial charge in [-0.3, -0.25) is 9.52 Å². The fourth-order valence-corrected chi connectivity index (χ4v) is 3.40. The lowest BCUT2D eigenvalue weighted by Gasteiger charge is -2.08. The Labute approximate surface area is 110 Å². The minimum Gasteiger partial charge on any atom is -0.318 e. The number of nitrogens with zero attached hydrogens (tertiary/aromatic N) is 1. The zero-order valence-corrected chi connectivity index (χ0v) is 11.3. The molecule has 0 amide bonds. The molecule has 100 valence electrons. The van der Waals surface area contributed by atoms with E-state index in [0.29, 0.717) is 23.9 Å². The zero-order chi connectivity index (χ0) is 13.6. The summed E-state index contributed by atoms with van der Waals surface area (Å²) in [6.45, 7) is 0. The van der Waals surface area contributed by atoms with Crippen LogP contribution in [-0.4, -0.2) is 18.2 Å². The summed E-state index contributed by atoms with van der Waals surface area (Å²) in [5.41, 5.74) is 0.313. The Kier molecular flexibility index (Phi) is 2.63. The van der Waals surface area contributed by atoms with Gasteiger partial charge in [0.25, 0.3) is 5.56 Å². The van der Waals surface area contributed by atoms with E-state index in [2.05, 4.69) is 4.72 Å². The molecule has 1 aliphatic rings. The van der Waals surface area contributed by atoms with Gasteiger partial charge in [0.2, 0.25) is 10.0 Å². The van der Waals surface area contributed by atoms with Gasteiger partial charge in [-0.2, -0.15) is 0 Å². The molecule has 1 aromatic heterocycles. The topological polar surface area (TPSA) is 68.2 Å². The summed E-state index contributed by atoms with van der Waals surface area (Å²) in [6, 6.07) is 6.86. The van der Waals surface area contributed by atoms with Gasteiger partial charge in [-0.25, -0.2) is 8.42 Å². The van der Waals surface area contributed by atoms with Crippen molar-refractivity contribution in [3.05, 3.63) is 40.8 Å². The summed E-state index contributed by atoms with van der Waals surface area (Å²) in [7, 11) is -1.62. The van der Waals surface area contributed by atoms with E-state index >= 15 is 0 Å². The van der Waals surface area contributed by atoms with Crippen LogP contribution >= 0.6 is 0 Å². The first-order chi connectivity index (χ1) is 8.97. The van der Waals surface area contributed by atoms with Crippen LogP contribution in [0.1, 0.15) is 12.8 Å². The van der Waals surface area contributed by atoms with Crippen LogP contribution in [0.25, 0.3) is 10.8 Å². The maximum Gasteiger partial charge on any atom is 0.258 e. The first kappa shape index (κ1) is 12.2. The lowest BCUT2D eigenvalue weighted by Crippen LogP contribution is -2.18. The third-order valence-electron chi connectivity index (χ3n) is 3.31. The number of aryl methyl sites for hydroxylation is 1. The van der Waals surface area contributed by atoms with Crippen LogP contribution in [0.5, 0.6) is 0 Å². The van der Waals surface area contributed by atoms with Gasteiger partial charge in [0.05, 0.1) is 5.25 Å². The van der Waals surface area contributed by atoms with E-state index in [9.17, 15) is 13.2 Å². The summed E-state index contributed by atoms with van der Waals surface area (Å²) in [5, 5.41) is 1.04. The molecule has 5 nitrogen and oxygen atoms in total. The lowest BCUT2D eigenvalue weighted by molar-refractivity contribution is 0.600. The molecule has 0 atom stereocenters. The first-order valence-electron chi connectivity index (χ1n) is 6.08. The third kappa shape index (κ3) is 2.23. The molecule has 0 radical (unpaired) electrons. The van der Waals surface area contributed by atoms with Crippen molar-refractivity contribution in [2.75, 3.05) is 4.72 Å². The third-order valence-corrected chi connectivity index (χ3v) is 5.17. The molecule has 6 heteroatoms. The Balaban J connectivity index is 2.06. The molecule has 1 saturated carbocycles. The van der Waals surface area contributed by atoms with Crippen molar-refractivity contribution in [2.45, 2.75) is 18.1 Å². The summed E-state index contributed by atoms with van der Waals surface area (Å²) < 4.78 is 27.7. The molecule has 0 aliphatic heterocycles. The number of hydrogen-bond donors (Lipinski definition) is 1. The van der Waals surface area contributed by atoms with Crippen LogP contribution in [0.3, 0.4) is 0 Å². The SMILES string of the molecule is Cn1ccc2ccc(NS(=O)(=O)C3CC3)cc2c1=O. The molecule has 2 aromatic rings. The molecule has 0 saturated heterocycles. The Morgan fingerprint density at radius 3 is 2.68 bits per heavy atom. The number of aromatic nitrogens is 1. The van der Waals surface area contributed by atoms with Gasteiger partial charge in [0, 0.05) is 24.3 Å². The standard InChI is InChI=1S/C13H14N2O3S/c1-15-7-6-9-2-3-10(8-12(9)13(15)16)14-19(17,18)11-4-5-11/h2-3,6-8,11,14H,4-5H2,1H3. The van der Waals surface area contributed by atoms with Gasteiger partial charge in [0.1, 0.15) is 0 Å². The summed E-state index contributed by atoms with van der Waals surface area (Å²) in [4.78, 5) is 12.0. The molecule has 3 rings (SSSR count). The van der Waals surface area contributed by atoms with Gasteiger partial charge in [-0.1, -0.05) is 6.07 Å². The van der Waals surface area contributed by atoms with E-state index in [-0.39, 0.29) is 10.8 Å². The molecule has 0 unspecified atom stereocenters. The van der Waals surface area contributed by atoms with Crippen LogP contribution < -0.4 is 10.3 Å². The monoisotopic (exact) mass is 278 g/mol. The van der Waals surface area contributed by atoms with Crippen molar-refractivity contribution in [2.24, 2.45) is 7.05 Å². The van der Waals surface area contributed by atoms with Crippen molar-refractivity contribution < 1.29 is 8.42 Å². The highest BCUT2D eigenvalue weighted by atomic mass is 32.2. The van der Waals surface area contributed by atoms with Crippen LogP contribution in [0.4, 0.5) is 5.69 Å². The largest absolute Gasteiger partial charge is 0.318 e. The summed E-state index contributed by atoms with van der Waals surface area (Å²) in [6.07, 6.45) is 3.12. The van der Waals surface area contributed by atoms with Gasteiger partial charge in [-0.15, -0.1) is 0 Å². The number of nitrogens with one attached hydrogen (secondary N) is 1. The van der Waals surface area contributed by atoms with Crippen LogP contribution in [-0.2, 0) is 17.1 Å². The maximum atomic E-state index is 12.0. The Hall–Kier alpha value is -1.82. The van der Waals surface area contributed by atoms with Gasteiger partial charge in [0.15, 0.2) is 0 Å². The number of rotatable bonds is 3. The molecule has 19 heavy (non-hydrogen) atoms. The fraction of sp³-hybridized carbons (Fsp3) is 0.308. The Morgan fingerprint density at radius 1 is 1.26 bits per heavy atom. The molecule has 0 bridgehead atoms. The second-order valence-corrected chi connectivity index (χ2v) is 6.84. The van der Waals surface area contributed by atoms with Crippen molar-refractivity contribution >= 4 is 26.5 Å². The molecular formula is C13H14N2O3S. The lowest BCUT2D eigenvalue weighted by atomic mass is 10.1. The highest BCUT2D eigenvalue weighted by molar-refractivity contribution is 7.93. The maximum absolute atomic E-state index is 12.0. The quantitative estimate of drug-likeness (QED) is 0.923. The van der Waals surface area contributed by atoms with Crippen molar-refractivity contribution in [1.29, 1.82) is 0 Å². The van der Waals surface area contributed by atoms with E-state index in [1.807, 2.05) is 6.07 Å². The highest BCUT2D eigenvalue weighted by Gasteiger charge is 2.35. The van der Waals surface area contributed by atoms with Gasteiger partial charge >= 0.3 is 0 Å². The normalized spacial score (nSPS) is 15.6. The van der Waals surface area contributed by atoms with Gasteiger partial charge in [-0.05, 0) is 36.4 Å². The fourth-order valence-electron chi connectivity index (χ4n) is 2.03. The average molecular weight is 278 g/mol. The molecule has 0 spiro atoms. The number of sulfonamides is 1. The summed E-state index contributed by atoms with van der Waals surface area (Å²) in [5.74, 6) is 0. The second-order valence-electron chi connectivity index (χ2n) is 4.88. The van der Waals surface area contributed by atoms with E-state index in [1.165, 1.54) is 4.57 Å². The molecule has 1 aromatic carbocycles. The van der Waals surface area contributed by atoms with Crippen molar-refractivity contribution in [1.82, 2.24) is 4.57 Å². The Bertz CT molecular complexity index is 804. The number of anilines is 1. The minimum atomic E-state index is -3.29. The number of fused-ring (bicyclic) bond motifs is 1. The predicted molar refractivity (Wildman–Crippen MR) is 74.8 cm³/mol. The zero-order valence-electron chi connectivity index (χ0n) is 10.5. The van der Waals surface area contributed by atoms with E-state index in [4.69, 9.17) is 0 Å². The van der Waals surface area contributed by atoms with Gasteiger partial charge < -0.3 is 4.57 Å². The highest BCUT2D eigenvalue weighted by Crippen LogP contribution is 2.30. The van der Waals surface area contributed by atoms with Crippen LogP contribution in [0.2, 0.25) is 0 Å². The molecule has 1 fully saturated rings.